The van der Waals surface area contributed by atoms with E-state index in [1.54, 1.807) is 0 Å². The Kier molecular flexibility index (Phi) is 3.74. The highest BCUT2D eigenvalue weighted by Gasteiger charge is 2.13. The Balaban J connectivity index is 2.39. The maximum absolute atomic E-state index is 14.1. The van der Waals surface area contributed by atoms with Crippen LogP contribution in [0.25, 0.3) is 0 Å². The lowest BCUT2D eigenvalue weighted by Gasteiger charge is -2.12. The van der Waals surface area contributed by atoms with Crippen molar-refractivity contribution in [2.45, 2.75) is 0 Å². The van der Waals surface area contributed by atoms with Crippen molar-refractivity contribution in [2.24, 2.45) is 0 Å². The van der Waals surface area contributed by atoms with Crippen molar-refractivity contribution >= 4 is 23.1 Å². The van der Waals surface area contributed by atoms with Crippen LogP contribution in [-0.4, -0.2) is 24.2 Å². The van der Waals surface area contributed by atoms with Gasteiger partial charge in [0.1, 0.15) is 5.75 Å². The van der Waals surface area contributed by atoms with Gasteiger partial charge in [0.2, 0.25) is 5.95 Å². The highest BCUT2D eigenvalue weighted by atomic mass is 19.1. The third-order valence-electron chi connectivity index (χ3n) is 2.56. The summed E-state index contributed by atoms with van der Waals surface area (Å²) in [5, 5.41) is 2.70. The van der Waals surface area contributed by atoms with Crippen molar-refractivity contribution in [1.29, 1.82) is 0 Å². The smallest absolute Gasteiger partial charge is 0.229 e. The van der Waals surface area contributed by atoms with Crippen molar-refractivity contribution in [2.75, 3.05) is 31.0 Å². The van der Waals surface area contributed by atoms with Gasteiger partial charge in [0.25, 0.3) is 0 Å². The Labute approximate surface area is 114 Å². The zero-order chi connectivity index (χ0) is 14.7. The molecule has 0 saturated heterocycles. The molecule has 0 aliphatic heterocycles. The molecule has 0 aliphatic rings. The summed E-state index contributed by atoms with van der Waals surface area (Å²) in [6.45, 7) is 0. The summed E-state index contributed by atoms with van der Waals surface area (Å²) in [5.74, 6) is 0.0976. The summed E-state index contributed by atoms with van der Waals surface area (Å²) >= 11 is 0. The first kappa shape index (κ1) is 13.7. The minimum atomic E-state index is -0.590. The standard InChI is InChI=1S/C12H14FN5O2/c1-19-6-3-8(10(13)9(4-6)20-2)17-12-16-5-7(14)11(15)18-12/h3-5H,14H2,1-2H3,(H3,15,16,17,18). The van der Waals surface area contributed by atoms with Crippen LogP contribution in [-0.2, 0) is 0 Å². The van der Waals surface area contributed by atoms with Crippen LogP contribution in [0.15, 0.2) is 18.3 Å². The molecule has 0 atom stereocenters. The van der Waals surface area contributed by atoms with Gasteiger partial charge >= 0.3 is 0 Å². The number of nitrogens with one attached hydrogen (secondary N) is 1. The maximum atomic E-state index is 14.1. The number of ether oxygens (including phenoxy) is 2. The summed E-state index contributed by atoms with van der Waals surface area (Å²) < 4.78 is 24.1. The van der Waals surface area contributed by atoms with E-state index in [0.717, 1.165) is 0 Å². The number of hydrogen-bond donors (Lipinski definition) is 3. The van der Waals surface area contributed by atoms with Crippen molar-refractivity contribution in [3.63, 3.8) is 0 Å². The molecule has 106 valence electrons. The first-order chi connectivity index (χ1) is 9.55. The Hall–Kier alpha value is -2.77. The van der Waals surface area contributed by atoms with Gasteiger partial charge in [-0.1, -0.05) is 0 Å². The molecule has 0 spiro atoms. The molecule has 0 unspecified atom stereocenters. The van der Waals surface area contributed by atoms with E-state index >= 15 is 0 Å². The van der Waals surface area contributed by atoms with Crippen molar-refractivity contribution in [3.8, 4) is 11.5 Å². The summed E-state index contributed by atoms with van der Waals surface area (Å²) in [4.78, 5) is 7.81. The molecule has 0 saturated carbocycles. The van der Waals surface area contributed by atoms with Gasteiger partial charge in [-0.05, 0) is 0 Å². The number of rotatable bonds is 4. The number of anilines is 4. The SMILES string of the molecule is COc1cc(Nc2ncc(N)c(N)n2)c(F)c(OC)c1. The summed E-state index contributed by atoms with van der Waals surface area (Å²) in [7, 11) is 2.83. The van der Waals surface area contributed by atoms with E-state index in [2.05, 4.69) is 15.3 Å². The molecular formula is C12H14FN5O2. The van der Waals surface area contributed by atoms with Crippen LogP contribution in [0, 0.1) is 5.82 Å². The molecule has 7 nitrogen and oxygen atoms in total. The molecule has 20 heavy (non-hydrogen) atoms. The molecule has 5 N–H and O–H groups in total. The van der Waals surface area contributed by atoms with Gasteiger partial charge in [-0.25, -0.2) is 9.37 Å². The van der Waals surface area contributed by atoms with Crippen molar-refractivity contribution in [1.82, 2.24) is 9.97 Å². The van der Waals surface area contributed by atoms with Gasteiger partial charge in [0.05, 0.1) is 31.8 Å². The lowest BCUT2D eigenvalue weighted by Crippen LogP contribution is -2.05. The van der Waals surface area contributed by atoms with Crippen molar-refractivity contribution < 1.29 is 13.9 Å². The quantitative estimate of drug-likeness (QED) is 0.778. The molecule has 2 aromatic rings. The van der Waals surface area contributed by atoms with E-state index in [9.17, 15) is 4.39 Å². The molecule has 1 aromatic heterocycles. The number of nitrogen functional groups attached to an aromatic ring is 2. The minimum absolute atomic E-state index is 0.0373. The van der Waals surface area contributed by atoms with E-state index in [-0.39, 0.29) is 28.9 Å². The van der Waals surface area contributed by atoms with Gasteiger partial charge in [-0.2, -0.15) is 4.98 Å². The van der Waals surface area contributed by atoms with Gasteiger partial charge < -0.3 is 26.3 Å². The van der Waals surface area contributed by atoms with Crippen molar-refractivity contribution in [3.05, 3.63) is 24.1 Å². The minimum Gasteiger partial charge on any atom is -0.497 e. The molecule has 1 aromatic carbocycles. The highest BCUT2D eigenvalue weighted by molar-refractivity contribution is 5.64. The fraction of sp³-hybridized carbons (Fsp3) is 0.167. The second-order valence-corrected chi connectivity index (χ2v) is 3.85. The zero-order valence-corrected chi connectivity index (χ0v) is 11.0. The molecular weight excluding hydrogens is 265 g/mol. The van der Waals surface area contributed by atoms with E-state index in [4.69, 9.17) is 20.9 Å². The molecule has 0 fully saturated rings. The third-order valence-corrected chi connectivity index (χ3v) is 2.56. The molecule has 0 amide bonds. The average molecular weight is 279 g/mol. The lowest BCUT2D eigenvalue weighted by atomic mass is 10.2. The number of hydrogen-bond acceptors (Lipinski definition) is 7. The van der Waals surface area contributed by atoms with Crippen LogP contribution in [0.1, 0.15) is 0 Å². The molecule has 0 bridgehead atoms. The Morgan fingerprint density at radius 1 is 1.20 bits per heavy atom. The molecule has 8 heteroatoms. The number of aromatic nitrogens is 2. The Bertz CT molecular complexity index is 635. The fourth-order valence-electron chi connectivity index (χ4n) is 1.51. The van der Waals surface area contributed by atoms with Crippen LogP contribution in [0.3, 0.4) is 0 Å². The summed E-state index contributed by atoms with van der Waals surface area (Å²) in [5.41, 5.74) is 11.4. The van der Waals surface area contributed by atoms with Crippen LogP contribution in [0.5, 0.6) is 11.5 Å². The second kappa shape index (κ2) is 5.47. The topological polar surface area (TPSA) is 108 Å². The Morgan fingerprint density at radius 2 is 1.95 bits per heavy atom. The zero-order valence-electron chi connectivity index (χ0n) is 11.0. The monoisotopic (exact) mass is 279 g/mol. The lowest BCUT2D eigenvalue weighted by molar-refractivity contribution is 0.375. The van der Waals surface area contributed by atoms with Gasteiger partial charge in [-0.3, -0.25) is 0 Å². The fourth-order valence-corrected chi connectivity index (χ4v) is 1.51. The number of benzene rings is 1. The normalized spacial score (nSPS) is 10.2. The number of nitrogens with zero attached hydrogens (tertiary/aromatic N) is 2. The summed E-state index contributed by atoms with van der Waals surface area (Å²) in [6.07, 6.45) is 1.33. The van der Waals surface area contributed by atoms with Crippen LogP contribution in [0.4, 0.5) is 27.5 Å². The maximum Gasteiger partial charge on any atom is 0.229 e. The van der Waals surface area contributed by atoms with E-state index in [0.29, 0.717) is 5.75 Å². The number of nitrogens with two attached hydrogens (primary N) is 2. The predicted molar refractivity (Wildman–Crippen MR) is 73.6 cm³/mol. The third kappa shape index (κ3) is 2.63. The van der Waals surface area contributed by atoms with Crippen LogP contribution < -0.4 is 26.3 Å². The van der Waals surface area contributed by atoms with Crippen LogP contribution >= 0.6 is 0 Å². The molecule has 2 rings (SSSR count). The van der Waals surface area contributed by atoms with Gasteiger partial charge in [-0.15, -0.1) is 0 Å². The van der Waals surface area contributed by atoms with E-state index in [1.807, 2.05) is 0 Å². The van der Waals surface area contributed by atoms with E-state index in [1.165, 1.54) is 32.5 Å². The number of halogens is 1. The van der Waals surface area contributed by atoms with Crippen LogP contribution in [0.2, 0.25) is 0 Å². The molecule has 0 aliphatic carbocycles. The second-order valence-electron chi connectivity index (χ2n) is 3.85. The molecule has 1 heterocycles. The van der Waals surface area contributed by atoms with Gasteiger partial charge in [0.15, 0.2) is 17.4 Å². The first-order valence-electron chi connectivity index (χ1n) is 5.61. The van der Waals surface area contributed by atoms with E-state index < -0.39 is 5.82 Å². The largest absolute Gasteiger partial charge is 0.497 e. The predicted octanol–water partition coefficient (Wildman–Crippen LogP) is 1.54. The summed E-state index contributed by atoms with van der Waals surface area (Å²) in [6, 6.07) is 2.88. The molecule has 0 radical (unpaired) electrons. The number of methoxy groups -OCH3 is 2. The highest BCUT2D eigenvalue weighted by Crippen LogP contribution is 2.32. The average Bonchev–Trinajstić information content (AvgIpc) is 2.45. The van der Waals surface area contributed by atoms with Gasteiger partial charge in [0, 0.05) is 12.1 Å². The first-order valence-corrected chi connectivity index (χ1v) is 5.61. The Morgan fingerprint density at radius 3 is 2.55 bits per heavy atom.